The van der Waals surface area contributed by atoms with Crippen LogP contribution in [0.2, 0.25) is 0 Å². The number of hydrogen-bond acceptors (Lipinski definition) is 1. The molecule has 0 aromatic carbocycles. The summed E-state index contributed by atoms with van der Waals surface area (Å²) in [6.07, 6.45) is 13.7. The summed E-state index contributed by atoms with van der Waals surface area (Å²) in [4.78, 5) is 0. The number of aliphatic hydroxyl groups is 1. The molecule has 3 aliphatic rings. The summed E-state index contributed by atoms with van der Waals surface area (Å²) in [5.41, 5.74) is -0.354. The van der Waals surface area contributed by atoms with Crippen LogP contribution in [0.3, 0.4) is 0 Å². The molecule has 3 saturated carbocycles. The molecule has 4 unspecified atom stereocenters. The Bertz CT molecular complexity index is 245. The Morgan fingerprint density at radius 1 is 0.706 bits per heavy atom. The molecule has 0 aliphatic heterocycles. The highest BCUT2D eigenvalue weighted by atomic mass is 16.3. The normalized spacial score (nSPS) is 51.2. The molecule has 0 aromatic rings. The molecule has 0 saturated heterocycles. The third kappa shape index (κ3) is 2.05. The van der Waals surface area contributed by atoms with Crippen molar-refractivity contribution in [2.45, 2.75) is 76.7 Å². The topological polar surface area (TPSA) is 20.2 Å². The maximum atomic E-state index is 11.1. The lowest BCUT2D eigenvalue weighted by molar-refractivity contribution is -0.0992. The van der Waals surface area contributed by atoms with Crippen molar-refractivity contribution in [3.63, 3.8) is 0 Å². The molecular formula is C16H28O. The Hall–Kier alpha value is -0.0400. The summed E-state index contributed by atoms with van der Waals surface area (Å²) >= 11 is 0. The van der Waals surface area contributed by atoms with Gasteiger partial charge in [0, 0.05) is 0 Å². The molecular weight excluding hydrogens is 208 g/mol. The zero-order valence-corrected chi connectivity index (χ0v) is 11.3. The van der Waals surface area contributed by atoms with Crippen LogP contribution in [-0.2, 0) is 0 Å². The minimum absolute atomic E-state index is 0.354. The van der Waals surface area contributed by atoms with Crippen LogP contribution in [0.1, 0.15) is 71.1 Å². The highest BCUT2D eigenvalue weighted by molar-refractivity contribution is 4.99. The summed E-state index contributed by atoms with van der Waals surface area (Å²) in [6.45, 7) is 2.18. The van der Waals surface area contributed by atoms with Crippen molar-refractivity contribution >= 4 is 0 Å². The summed E-state index contributed by atoms with van der Waals surface area (Å²) in [5.74, 6) is 2.90. The predicted octanol–water partition coefficient (Wildman–Crippen LogP) is 4.14. The van der Waals surface area contributed by atoms with E-state index < -0.39 is 0 Å². The van der Waals surface area contributed by atoms with Crippen LogP contribution >= 0.6 is 0 Å². The van der Waals surface area contributed by atoms with E-state index in [1.807, 2.05) is 0 Å². The molecule has 1 N–H and O–H groups in total. The molecule has 0 amide bonds. The van der Waals surface area contributed by atoms with Crippen molar-refractivity contribution in [3.05, 3.63) is 0 Å². The smallest absolute Gasteiger partial charge is 0.0681 e. The van der Waals surface area contributed by atoms with E-state index in [4.69, 9.17) is 0 Å². The molecule has 3 aliphatic carbocycles. The van der Waals surface area contributed by atoms with Gasteiger partial charge in [-0.25, -0.2) is 0 Å². The molecule has 4 atom stereocenters. The Labute approximate surface area is 106 Å². The number of rotatable bonds is 0. The van der Waals surface area contributed by atoms with Gasteiger partial charge in [-0.2, -0.15) is 0 Å². The molecule has 3 fully saturated rings. The van der Waals surface area contributed by atoms with E-state index in [0.29, 0.717) is 11.8 Å². The lowest BCUT2D eigenvalue weighted by Gasteiger charge is -2.46. The fourth-order valence-electron chi connectivity index (χ4n) is 5.35. The molecule has 0 heterocycles. The van der Waals surface area contributed by atoms with Crippen LogP contribution in [0, 0.1) is 23.7 Å². The predicted molar refractivity (Wildman–Crippen MR) is 70.8 cm³/mol. The van der Waals surface area contributed by atoms with Crippen molar-refractivity contribution in [3.8, 4) is 0 Å². The van der Waals surface area contributed by atoms with Gasteiger partial charge >= 0.3 is 0 Å². The van der Waals surface area contributed by atoms with Gasteiger partial charge in [-0.05, 0) is 56.3 Å². The second kappa shape index (κ2) is 4.57. The maximum absolute atomic E-state index is 11.1. The lowest BCUT2D eigenvalue weighted by atomic mass is 9.63. The van der Waals surface area contributed by atoms with E-state index in [0.717, 1.165) is 11.8 Å². The van der Waals surface area contributed by atoms with Gasteiger partial charge in [-0.1, -0.05) is 38.5 Å². The van der Waals surface area contributed by atoms with Gasteiger partial charge in [0.25, 0.3) is 0 Å². The molecule has 17 heavy (non-hydrogen) atoms. The number of fused-ring (bicyclic) bond motifs is 2. The zero-order valence-electron chi connectivity index (χ0n) is 11.3. The first-order valence-electron chi connectivity index (χ1n) is 7.92. The third-order valence-electron chi connectivity index (χ3n) is 6.23. The van der Waals surface area contributed by atoms with Crippen molar-refractivity contribution in [1.82, 2.24) is 0 Å². The Morgan fingerprint density at radius 2 is 1.12 bits per heavy atom. The van der Waals surface area contributed by atoms with Crippen LogP contribution < -0.4 is 0 Å². The highest BCUT2D eigenvalue weighted by Gasteiger charge is 2.49. The van der Waals surface area contributed by atoms with E-state index in [2.05, 4.69) is 6.92 Å². The van der Waals surface area contributed by atoms with Gasteiger partial charge in [0.2, 0.25) is 0 Å². The molecule has 3 rings (SSSR count). The summed E-state index contributed by atoms with van der Waals surface area (Å²) < 4.78 is 0. The Morgan fingerprint density at radius 3 is 1.59 bits per heavy atom. The standard InChI is InChI=1S/C16H28O/c1-16(17)14-8-4-2-6-12(14)10-11-13-7-3-5-9-15(13)16/h12-15,17H,2-11H2,1H3. The lowest BCUT2D eigenvalue weighted by Crippen LogP contribution is -2.48. The van der Waals surface area contributed by atoms with Gasteiger partial charge in [-0.3, -0.25) is 0 Å². The van der Waals surface area contributed by atoms with Crippen LogP contribution in [0.4, 0.5) is 0 Å². The van der Waals surface area contributed by atoms with E-state index in [1.54, 1.807) is 0 Å². The van der Waals surface area contributed by atoms with Crippen molar-refractivity contribution in [2.24, 2.45) is 23.7 Å². The van der Waals surface area contributed by atoms with Gasteiger partial charge in [0.15, 0.2) is 0 Å². The van der Waals surface area contributed by atoms with E-state index >= 15 is 0 Å². The average molecular weight is 236 g/mol. The maximum Gasteiger partial charge on any atom is 0.0681 e. The number of hydrogen-bond donors (Lipinski definition) is 1. The minimum Gasteiger partial charge on any atom is -0.390 e. The molecule has 0 aromatic heterocycles. The van der Waals surface area contributed by atoms with E-state index in [-0.39, 0.29) is 5.60 Å². The zero-order chi connectivity index (χ0) is 11.9. The first-order chi connectivity index (χ1) is 8.19. The molecule has 0 spiro atoms. The SMILES string of the molecule is CC1(O)C2CCCCC2CCC2CCCCC21. The molecule has 98 valence electrons. The quantitative estimate of drug-likeness (QED) is 0.670. The second-order valence-electron chi connectivity index (χ2n) is 7.11. The van der Waals surface area contributed by atoms with Gasteiger partial charge in [0.1, 0.15) is 0 Å². The van der Waals surface area contributed by atoms with Gasteiger partial charge in [0.05, 0.1) is 5.60 Å². The van der Waals surface area contributed by atoms with Crippen molar-refractivity contribution in [1.29, 1.82) is 0 Å². The first-order valence-corrected chi connectivity index (χ1v) is 7.92. The summed E-state index contributed by atoms with van der Waals surface area (Å²) in [6, 6.07) is 0. The second-order valence-corrected chi connectivity index (χ2v) is 7.11. The fourth-order valence-corrected chi connectivity index (χ4v) is 5.35. The average Bonchev–Trinajstić information content (AvgIpc) is 2.47. The Balaban J connectivity index is 1.87. The van der Waals surface area contributed by atoms with Crippen LogP contribution in [0.25, 0.3) is 0 Å². The van der Waals surface area contributed by atoms with Crippen LogP contribution in [0.5, 0.6) is 0 Å². The van der Waals surface area contributed by atoms with Gasteiger partial charge in [-0.15, -0.1) is 0 Å². The third-order valence-corrected chi connectivity index (χ3v) is 6.23. The summed E-state index contributed by atoms with van der Waals surface area (Å²) in [7, 11) is 0. The first kappa shape index (κ1) is 12.0. The molecule has 0 radical (unpaired) electrons. The van der Waals surface area contributed by atoms with Crippen LogP contribution in [0.15, 0.2) is 0 Å². The van der Waals surface area contributed by atoms with Crippen molar-refractivity contribution in [2.75, 3.05) is 0 Å². The monoisotopic (exact) mass is 236 g/mol. The fraction of sp³-hybridized carbons (Fsp3) is 1.00. The van der Waals surface area contributed by atoms with Gasteiger partial charge < -0.3 is 5.11 Å². The highest BCUT2D eigenvalue weighted by Crippen LogP contribution is 2.52. The van der Waals surface area contributed by atoms with E-state index in [9.17, 15) is 5.11 Å². The summed E-state index contributed by atoms with van der Waals surface area (Å²) in [5, 5.41) is 11.1. The molecule has 1 heteroatoms. The molecule has 0 bridgehead atoms. The van der Waals surface area contributed by atoms with Crippen LogP contribution in [-0.4, -0.2) is 10.7 Å². The van der Waals surface area contributed by atoms with E-state index in [1.165, 1.54) is 64.2 Å². The largest absolute Gasteiger partial charge is 0.390 e. The molecule has 1 nitrogen and oxygen atoms in total. The minimum atomic E-state index is -0.354. The Kier molecular flexibility index (Phi) is 3.23. The van der Waals surface area contributed by atoms with Crippen molar-refractivity contribution < 1.29 is 5.11 Å².